The molecule has 0 bridgehead atoms. The van der Waals surface area contributed by atoms with Crippen molar-refractivity contribution in [1.29, 1.82) is 0 Å². The number of carbonyl (C=O) groups is 1. The number of hydrogen-bond acceptors (Lipinski definition) is 6. The van der Waals surface area contributed by atoms with Gasteiger partial charge in [-0.15, -0.1) is 11.8 Å². The summed E-state index contributed by atoms with van der Waals surface area (Å²) in [5.41, 5.74) is 0.650. The summed E-state index contributed by atoms with van der Waals surface area (Å²) in [5, 5.41) is 13.1. The Morgan fingerprint density at radius 1 is 1.21 bits per heavy atom. The molecule has 0 aromatic heterocycles. The van der Waals surface area contributed by atoms with Crippen molar-refractivity contribution < 1.29 is 19.2 Å². The second kappa shape index (κ2) is 6.79. The minimum atomic E-state index is -0.454. The van der Waals surface area contributed by atoms with Gasteiger partial charge in [-0.1, -0.05) is 0 Å². The first-order valence-electron chi connectivity index (χ1n) is 7.14. The molecule has 0 aliphatic carbocycles. The molecule has 0 fully saturated rings. The molecule has 1 N–H and O–H groups in total. The lowest BCUT2D eigenvalue weighted by Crippen LogP contribution is -2.22. The van der Waals surface area contributed by atoms with Crippen LogP contribution >= 0.6 is 11.8 Å². The van der Waals surface area contributed by atoms with E-state index >= 15 is 0 Å². The first-order chi connectivity index (χ1) is 11.5. The zero-order chi connectivity index (χ0) is 17.1. The number of thioether (sulfide) groups is 1. The summed E-state index contributed by atoms with van der Waals surface area (Å²) >= 11 is 1.33. The molecule has 1 heterocycles. The Labute approximate surface area is 142 Å². The number of carbonyl (C=O) groups excluding carboxylic acids is 1. The number of benzene rings is 2. The third-order valence-corrected chi connectivity index (χ3v) is 4.48. The van der Waals surface area contributed by atoms with E-state index in [4.69, 9.17) is 9.47 Å². The van der Waals surface area contributed by atoms with Crippen LogP contribution in [0, 0.1) is 10.1 Å². The van der Waals surface area contributed by atoms with Gasteiger partial charge in [0.1, 0.15) is 0 Å². The minimum absolute atomic E-state index is 0.0248. The summed E-state index contributed by atoms with van der Waals surface area (Å²) < 4.78 is 10.5. The molecule has 0 radical (unpaired) electrons. The molecule has 2 aromatic carbocycles. The molecule has 0 saturated heterocycles. The van der Waals surface area contributed by atoms with Gasteiger partial charge in [-0.3, -0.25) is 14.9 Å². The number of nitro groups is 1. The maximum atomic E-state index is 12.3. The van der Waals surface area contributed by atoms with Crippen LogP contribution in [-0.4, -0.2) is 22.9 Å². The van der Waals surface area contributed by atoms with Crippen LogP contribution in [0.5, 0.6) is 11.5 Å². The number of amides is 1. The van der Waals surface area contributed by atoms with Crippen LogP contribution in [0.4, 0.5) is 11.4 Å². The van der Waals surface area contributed by atoms with Gasteiger partial charge in [-0.05, 0) is 31.2 Å². The van der Waals surface area contributed by atoms with Gasteiger partial charge in [0.2, 0.25) is 12.7 Å². The SMILES string of the molecule is C[C@H](Sc1ccc([N+](=O)[O-])cc1)C(=O)Nc1ccc2c(c1)OCO2. The van der Waals surface area contributed by atoms with Crippen LogP contribution in [0.15, 0.2) is 47.4 Å². The molecule has 1 aliphatic rings. The maximum Gasteiger partial charge on any atom is 0.269 e. The molecule has 2 aromatic rings. The highest BCUT2D eigenvalue weighted by Crippen LogP contribution is 2.34. The van der Waals surface area contributed by atoms with E-state index in [1.54, 1.807) is 37.3 Å². The lowest BCUT2D eigenvalue weighted by molar-refractivity contribution is -0.384. The van der Waals surface area contributed by atoms with Crippen LogP contribution in [0.2, 0.25) is 0 Å². The number of nitrogens with one attached hydrogen (secondary N) is 1. The first-order valence-corrected chi connectivity index (χ1v) is 8.02. The van der Waals surface area contributed by atoms with Crippen molar-refractivity contribution in [2.24, 2.45) is 0 Å². The molecule has 124 valence electrons. The van der Waals surface area contributed by atoms with E-state index in [1.807, 2.05) is 0 Å². The summed E-state index contributed by atoms with van der Waals surface area (Å²) in [4.78, 5) is 23.3. The van der Waals surface area contributed by atoms with Gasteiger partial charge in [-0.25, -0.2) is 0 Å². The fourth-order valence-electron chi connectivity index (χ4n) is 2.12. The Morgan fingerprint density at radius 2 is 1.92 bits per heavy atom. The van der Waals surface area contributed by atoms with E-state index in [0.29, 0.717) is 17.2 Å². The molecule has 1 atom stereocenters. The third-order valence-electron chi connectivity index (χ3n) is 3.37. The number of nitro benzene ring substituents is 1. The van der Waals surface area contributed by atoms with Crippen molar-refractivity contribution >= 4 is 29.0 Å². The lowest BCUT2D eigenvalue weighted by Gasteiger charge is -2.12. The van der Waals surface area contributed by atoms with Gasteiger partial charge in [0.15, 0.2) is 11.5 Å². The van der Waals surface area contributed by atoms with Crippen LogP contribution in [0.3, 0.4) is 0 Å². The Kier molecular flexibility index (Phi) is 4.57. The predicted molar refractivity (Wildman–Crippen MR) is 89.6 cm³/mol. The van der Waals surface area contributed by atoms with E-state index in [1.165, 1.54) is 23.9 Å². The molecular formula is C16H14N2O5S. The van der Waals surface area contributed by atoms with E-state index in [9.17, 15) is 14.9 Å². The molecule has 0 spiro atoms. The second-order valence-corrected chi connectivity index (χ2v) is 6.48. The number of ether oxygens (including phenoxy) is 2. The Balaban J connectivity index is 1.61. The Bertz CT molecular complexity index is 779. The molecule has 1 aliphatic heterocycles. The van der Waals surface area contributed by atoms with Crippen molar-refractivity contribution in [2.75, 3.05) is 12.1 Å². The fourth-order valence-corrected chi connectivity index (χ4v) is 2.99. The number of non-ortho nitro benzene ring substituents is 1. The summed E-state index contributed by atoms with van der Waals surface area (Å²) in [6, 6.07) is 11.3. The average molecular weight is 346 g/mol. The minimum Gasteiger partial charge on any atom is -0.454 e. The molecule has 0 saturated carbocycles. The quantitative estimate of drug-likeness (QED) is 0.507. The van der Waals surface area contributed by atoms with E-state index in [-0.39, 0.29) is 23.6 Å². The number of rotatable bonds is 5. The van der Waals surface area contributed by atoms with Gasteiger partial charge in [-0.2, -0.15) is 0 Å². The second-order valence-electron chi connectivity index (χ2n) is 5.07. The van der Waals surface area contributed by atoms with E-state index in [0.717, 1.165) is 4.90 Å². The van der Waals surface area contributed by atoms with Crippen LogP contribution in [0.25, 0.3) is 0 Å². The number of anilines is 1. The average Bonchev–Trinajstić information content (AvgIpc) is 3.03. The number of nitrogens with zero attached hydrogens (tertiary/aromatic N) is 1. The molecule has 1 amide bonds. The van der Waals surface area contributed by atoms with Crippen LogP contribution in [0.1, 0.15) is 6.92 Å². The number of fused-ring (bicyclic) bond motifs is 1. The zero-order valence-corrected chi connectivity index (χ0v) is 13.5. The number of hydrogen-bond donors (Lipinski definition) is 1. The third kappa shape index (κ3) is 3.60. The van der Waals surface area contributed by atoms with E-state index in [2.05, 4.69) is 5.32 Å². The van der Waals surface area contributed by atoms with Crippen LogP contribution in [-0.2, 0) is 4.79 Å². The summed E-state index contributed by atoms with van der Waals surface area (Å²) in [5.74, 6) is 1.09. The molecule has 7 nitrogen and oxygen atoms in total. The largest absolute Gasteiger partial charge is 0.454 e. The molecule has 24 heavy (non-hydrogen) atoms. The molecular weight excluding hydrogens is 332 g/mol. The summed E-state index contributed by atoms with van der Waals surface area (Å²) in [6.45, 7) is 1.95. The standard InChI is InChI=1S/C16H14N2O5S/c1-10(24-13-5-3-12(4-6-13)18(20)21)16(19)17-11-2-7-14-15(8-11)23-9-22-14/h2-8,10H,9H2,1H3,(H,17,19)/t10-/m0/s1. The topological polar surface area (TPSA) is 90.7 Å². The normalized spacial score (nSPS) is 13.4. The maximum absolute atomic E-state index is 12.3. The highest BCUT2D eigenvalue weighted by Gasteiger charge is 2.18. The lowest BCUT2D eigenvalue weighted by atomic mass is 10.2. The van der Waals surface area contributed by atoms with Crippen molar-refractivity contribution in [1.82, 2.24) is 0 Å². The Hall–Kier alpha value is -2.74. The monoisotopic (exact) mass is 346 g/mol. The van der Waals surface area contributed by atoms with E-state index < -0.39 is 4.92 Å². The van der Waals surface area contributed by atoms with Gasteiger partial charge in [0.25, 0.3) is 5.69 Å². The first kappa shape index (κ1) is 16.1. The summed E-state index contributed by atoms with van der Waals surface area (Å²) in [7, 11) is 0. The van der Waals surface area contributed by atoms with Gasteiger partial charge >= 0.3 is 0 Å². The van der Waals surface area contributed by atoms with Crippen LogP contribution < -0.4 is 14.8 Å². The van der Waals surface area contributed by atoms with Gasteiger partial charge in [0.05, 0.1) is 10.2 Å². The Morgan fingerprint density at radius 3 is 2.62 bits per heavy atom. The van der Waals surface area contributed by atoms with Gasteiger partial charge < -0.3 is 14.8 Å². The van der Waals surface area contributed by atoms with Crippen molar-refractivity contribution in [3.63, 3.8) is 0 Å². The predicted octanol–water partition coefficient (Wildman–Crippen LogP) is 3.44. The van der Waals surface area contributed by atoms with Crippen molar-refractivity contribution in [3.05, 3.63) is 52.6 Å². The molecule has 3 rings (SSSR count). The fraction of sp³-hybridized carbons (Fsp3) is 0.188. The molecule has 8 heteroatoms. The highest BCUT2D eigenvalue weighted by molar-refractivity contribution is 8.00. The zero-order valence-electron chi connectivity index (χ0n) is 12.7. The highest BCUT2D eigenvalue weighted by atomic mass is 32.2. The van der Waals surface area contributed by atoms with Gasteiger partial charge in [0, 0.05) is 28.8 Å². The smallest absolute Gasteiger partial charge is 0.269 e. The van der Waals surface area contributed by atoms with Crippen molar-refractivity contribution in [2.45, 2.75) is 17.1 Å². The molecule has 0 unspecified atom stereocenters. The van der Waals surface area contributed by atoms with Crippen molar-refractivity contribution in [3.8, 4) is 11.5 Å². The summed E-state index contributed by atoms with van der Waals surface area (Å²) in [6.07, 6.45) is 0.